The molecule has 8 heteroatoms. The number of rotatable bonds is 6. The van der Waals surface area contributed by atoms with Crippen LogP contribution in [-0.4, -0.2) is 26.9 Å². The quantitative estimate of drug-likeness (QED) is 0.277. The second-order valence-corrected chi connectivity index (χ2v) is 9.07. The molecule has 1 unspecified atom stereocenters. The second kappa shape index (κ2) is 10.1. The molecule has 1 amide bonds. The molecule has 4 aromatic rings. The Labute approximate surface area is 209 Å². The normalized spacial score (nSPS) is 12.0. The number of aromatic nitrogens is 2. The van der Waals surface area contributed by atoms with E-state index in [-0.39, 0.29) is 16.5 Å². The molecule has 0 fully saturated rings. The number of nitrogens with zero attached hydrogens (tertiary/aromatic N) is 3. The number of amides is 1. The highest BCUT2D eigenvalue weighted by atomic mass is 79.9. The van der Waals surface area contributed by atoms with Gasteiger partial charge in [0.15, 0.2) is 0 Å². The molecule has 0 bridgehead atoms. The topological polar surface area (TPSA) is 55.2 Å². The van der Waals surface area contributed by atoms with Crippen LogP contribution in [0.15, 0.2) is 76.0 Å². The van der Waals surface area contributed by atoms with Crippen LogP contribution in [0, 0.1) is 5.82 Å². The van der Waals surface area contributed by atoms with Gasteiger partial charge in [-0.15, -0.1) is 0 Å². The first-order chi connectivity index (χ1) is 16.3. The lowest BCUT2D eigenvalue weighted by Crippen LogP contribution is -2.38. The molecule has 4 rings (SSSR count). The molecule has 1 aromatic heterocycles. The third kappa shape index (κ3) is 4.50. The molecule has 1 atom stereocenters. The second-order valence-electron chi connectivity index (χ2n) is 7.75. The van der Waals surface area contributed by atoms with Gasteiger partial charge in [-0.1, -0.05) is 52.7 Å². The van der Waals surface area contributed by atoms with E-state index in [0.717, 1.165) is 4.47 Å². The van der Waals surface area contributed by atoms with Gasteiger partial charge in [0.1, 0.15) is 11.6 Å². The summed E-state index contributed by atoms with van der Waals surface area (Å²) >= 11 is 9.48. The lowest BCUT2D eigenvalue weighted by molar-refractivity contribution is 0.0672. The van der Waals surface area contributed by atoms with Gasteiger partial charge in [0.05, 0.1) is 27.7 Å². The van der Waals surface area contributed by atoms with Crippen LogP contribution in [0.3, 0.4) is 0 Å². The number of benzene rings is 3. The fourth-order valence-corrected chi connectivity index (χ4v) is 4.66. The number of para-hydroxylation sites is 1. The maximum Gasteiger partial charge on any atom is 0.266 e. The minimum absolute atomic E-state index is 0.103. The predicted octanol–water partition coefficient (Wildman–Crippen LogP) is 6.55. The summed E-state index contributed by atoms with van der Waals surface area (Å²) in [4.78, 5) is 33.7. The highest BCUT2D eigenvalue weighted by Crippen LogP contribution is 2.29. The van der Waals surface area contributed by atoms with E-state index in [2.05, 4.69) is 15.9 Å². The summed E-state index contributed by atoms with van der Waals surface area (Å²) in [5, 5.41) is 0.317. The maximum atomic E-state index is 13.9. The van der Waals surface area contributed by atoms with E-state index >= 15 is 0 Å². The van der Waals surface area contributed by atoms with E-state index in [1.54, 1.807) is 41.3 Å². The first-order valence-electron chi connectivity index (χ1n) is 10.9. The summed E-state index contributed by atoms with van der Waals surface area (Å²) in [6.45, 7) is 4.22. The Balaban J connectivity index is 1.95. The lowest BCUT2D eigenvalue weighted by Gasteiger charge is -2.31. The zero-order valence-electron chi connectivity index (χ0n) is 18.6. The van der Waals surface area contributed by atoms with Crippen molar-refractivity contribution in [2.24, 2.45) is 0 Å². The van der Waals surface area contributed by atoms with Gasteiger partial charge < -0.3 is 4.90 Å². The molecule has 0 aliphatic heterocycles. The number of hydrogen-bond acceptors (Lipinski definition) is 3. The van der Waals surface area contributed by atoms with Crippen LogP contribution in [0.4, 0.5) is 4.39 Å². The Bertz CT molecular complexity index is 1440. The molecule has 0 spiro atoms. The monoisotopic (exact) mass is 541 g/mol. The molecule has 34 heavy (non-hydrogen) atoms. The third-order valence-corrected chi connectivity index (χ3v) is 6.48. The standard InChI is InChI=1S/C26H22BrClFN3O2/c1-3-23(31(4-2)25(33)16-8-7-9-17(27)14-16)24-30-22-11-6-5-10-19(22)26(34)32(24)18-12-13-21(29)20(28)15-18/h5-15,23H,3-4H2,1-2H3. The van der Waals surface area contributed by atoms with Gasteiger partial charge in [0, 0.05) is 16.6 Å². The van der Waals surface area contributed by atoms with Crippen molar-refractivity contribution in [1.82, 2.24) is 14.5 Å². The highest BCUT2D eigenvalue weighted by molar-refractivity contribution is 9.10. The van der Waals surface area contributed by atoms with Crippen LogP contribution in [0.5, 0.6) is 0 Å². The molecule has 174 valence electrons. The zero-order valence-corrected chi connectivity index (χ0v) is 21.0. The van der Waals surface area contributed by atoms with E-state index in [4.69, 9.17) is 16.6 Å². The summed E-state index contributed by atoms with van der Waals surface area (Å²) in [5.41, 5.74) is 1.12. The van der Waals surface area contributed by atoms with Crippen LogP contribution >= 0.6 is 27.5 Å². The lowest BCUT2D eigenvalue weighted by atomic mass is 10.1. The molecule has 0 saturated heterocycles. The molecule has 5 nitrogen and oxygen atoms in total. The molecule has 1 heterocycles. The SMILES string of the molecule is CCC(c1nc2ccccc2c(=O)n1-c1ccc(F)c(Cl)c1)N(CC)C(=O)c1cccc(Br)c1. The molecular weight excluding hydrogens is 521 g/mol. The molecule has 0 aliphatic carbocycles. The van der Waals surface area contributed by atoms with Gasteiger partial charge in [0.25, 0.3) is 11.5 Å². The predicted molar refractivity (Wildman–Crippen MR) is 136 cm³/mol. The van der Waals surface area contributed by atoms with Crippen LogP contribution < -0.4 is 5.56 Å². The van der Waals surface area contributed by atoms with Crippen molar-refractivity contribution in [1.29, 1.82) is 0 Å². The molecule has 0 N–H and O–H groups in total. The number of hydrogen-bond donors (Lipinski definition) is 0. The van der Waals surface area contributed by atoms with Gasteiger partial charge >= 0.3 is 0 Å². The number of halogens is 3. The van der Waals surface area contributed by atoms with Gasteiger partial charge in [0.2, 0.25) is 0 Å². The Kier molecular flexibility index (Phi) is 7.14. The van der Waals surface area contributed by atoms with E-state index < -0.39 is 11.9 Å². The summed E-state index contributed by atoms with van der Waals surface area (Å²) in [6.07, 6.45) is 0.507. The van der Waals surface area contributed by atoms with Crippen molar-refractivity contribution in [3.63, 3.8) is 0 Å². The van der Waals surface area contributed by atoms with E-state index in [0.29, 0.717) is 40.9 Å². The zero-order chi connectivity index (χ0) is 24.4. The molecule has 0 aliphatic rings. The van der Waals surface area contributed by atoms with Crippen LogP contribution in [0.25, 0.3) is 16.6 Å². The van der Waals surface area contributed by atoms with Crippen LogP contribution in [0.2, 0.25) is 5.02 Å². The Morgan fingerprint density at radius 2 is 1.88 bits per heavy atom. The van der Waals surface area contributed by atoms with Crippen molar-refractivity contribution in [3.05, 3.63) is 104 Å². The van der Waals surface area contributed by atoms with E-state index in [9.17, 15) is 14.0 Å². The smallest absolute Gasteiger partial charge is 0.266 e. The Hall–Kier alpha value is -3.03. The largest absolute Gasteiger partial charge is 0.329 e. The van der Waals surface area contributed by atoms with E-state index in [1.807, 2.05) is 26.0 Å². The summed E-state index contributed by atoms with van der Waals surface area (Å²) in [6, 6.07) is 17.8. The van der Waals surface area contributed by atoms with Gasteiger partial charge in [-0.3, -0.25) is 14.2 Å². The van der Waals surface area contributed by atoms with Crippen molar-refractivity contribution in [2.45, 2.75) is 26.3 Å². The molecular formula is C26H22BrClFN3O2. The van der Waals surface area contributed by atoms with Crippen LogP contribution in [0.1, 0.15) is 42.5 Å². The molecule has 0 saturated carbocycles. The van der Waals surface area contributed by atoms with Gasteiger partial charge in [-0.25, -0.2) is 9.37 Å². The third-order valence-electron chi connectivity index (χ3n) is 5.70. The Morgan fingerprint density at radius 3 is 2.56 bits per heavy atom. The minimum Gasteiger partial charge on any atom is -0.329 e. The average Bonchev–Trinajstić information content (AvgIpc) is 2.84. The van der Waals surface area contributed by atoms with Crippen molar-refractivity contribution in [2.75, 3.05) is 6.54 Å². The number of carbonyl (C=O) groups excluding carboxylic acids is 1. The maximum absolute atomic E-state index is 13.9. The average molecular weight is 543 g/mol. The summed E-state index contributed by atoms with van der Waals surface area (Å²) in [7, 11) is 0. The first-order valence-corrected chi connectivity index (χ1v) is 12.1. The minimum atomic E-state index is -0.583. The Morgan fingerprint density at radius 1 is 1.12 bits per heavy atom. The van der Waals surface area contributed by atoms with Crippen LogP contribution in [-0.2, 0) is 0 Å². The van der Waals surface area contributed by atoms with Crippen molar-refractivity contribution < 1.29 is 9.18 Å². The first kappa shape index (κ1) is 24.1. The van der Waals surface area contributed by atoms with Crippen molar-refractivity contribution >= 4 is 44.3 Å². The highest BCUT2D eigenvalue weighted by Gasteiger charge is 2.29. The van der Waals surface area contributed by atoms with Crippen molar-refractivity contribution in [3.8, 4) is 5.69 Å². The molecule has 3 aromatic carbocycles. The number of fused-ring (bicyclic) bond motifs is 1. The fourth-order valence-electron chi connectivity index (χ4n) is 4.08. The molecule has 0 radical (unpaired) electrons. The van der Waals surface area contributed by atoms with Gasteiger partial charge in [-0.05, 0) is 61.9 Å². The van der Waals surface area contributed by atoms with E-state index in [1.165, 1.54) is 22.8 Å². The fraction of sp³-hybridized carbons (Fsp3) is 0.192. The summed E-state index contributed by atoms with van der Waals surface area (Å²) < 4.78 is 16.1. The van der Waals surface area contributed by atoms with Gasteiger partial charge in [-0.2, -0.15) is 0 Å². The number of carbonyl (C=O) groups is 1. The summed E-state index contributed by atoms with van der Waals surface area (Å²) in [5.74, 6) is -0.373.